The molecule has 104 valence electrons. The molecule has 0 aliphatic carbocycles. The van der Waals surface area contributed by atoms with Gasteiger partial charge in [0.15, 0.2) is 0 Å². The smallest absolute Gasteiger partial charge is 0.247 e. The molecular weight excluding hydrogens is 248 g/mol. The Balaban J connectivity index is 1.88. The first-order valence-corrected chi connectivity index (χ1v) is 7.27. The maximum absolute atomic E-state index is 11.1. The van der Waals surface area contributed by atoms with E-state index in [1.807, 2.05) is 6.07 Å². The van der Waals surface area contributed by atoms with Crippen LogP contribution in [0.4, 0.5) is 0 Å². The summed E-state index contributed by atoms with van der Waals surface area (Å²) in [7, 11) is 0. The van der Waals surface area contributed by atoms with Crippen molar-refractivity contribution in [1.82, 2.24) is 9.88 Å². The minimum Gasteiger partial charge on any atom is -0.328 e. The third kappa shape index (κ3) is 2.68. The van der Waals surface area contributed by atoms with Crippen LogP contribution in [0.3, 0.4) is 0 Å². The number of aromatic nitrogens is 1. The average molecular weight is 268 g/mol. The van der Waals surface area contributed by atoms with E-state index < -0.39 is 0 Å². The number of hydrogen-bond acceptors (Lipinski definition) is 2. The SMILES string of the molecule is C[C@@H](c1cccc(-c2ccc(=O)[nH]c2)c1)N1CCCC1. The van der Waals surface area contributed by atoms with Crippen molar-refractivity contribution >= 4 is 0 Å². The van der Waals surface area contributed by atoms with Gasteiger partial charge in [-0.15, -0.1) is 0 Å². The van der Waals surface area contributed by atoms with Crippen LogP contribution in [0.25, 0.3) is 11.1 Å². The van der Waals surface area contributed by atoms with Gasteiger partial charge in [-0.25, -0.2) is 0 Å². The van der Waals surface area contributed by atoms with Crippen molar-refractivity contribution in [1.29, 1.82) is 0 Å². The summed E-state index contributed by atoms with van der Waals surface area (Å²) in [5, 5.41) is 0. The standard InChI is InChI=1S/C17H20N2O/c1-13(19-9-2-3-10-19)14-5-4-6-15(11-14)16-7-8-17(20)18-12-16/h4-8,11-13H,2-3,9-10H2,1H3,(H,18,20)/t13-/m0/s1. The fraction of sp³-hybridized carbons (Fsp3) is 0.353. The zero-order valence-electron chi connectivity index (χ0n) is 11.8. The van der Waals surface area contributed by atoms with Crippen molar-refractivity contribution < 1.29 is 0 Å². The number of hydrogen-bond donors (Lipinski definition) is 1. The Morgan fingerprint density at radius 1 is 1.10 bits per heavy atom. The first-order valence-electron chi connectivity index (χ1n) is 7.27. The molecular formula is C17H20N2O. The Hall–Kier alpha value is -1.87. The largest absolute Gasteiger partial charge is 0.328 e. The van der Waals surface area contributed by atoms with E-state index in [1.165, 1.54) is 31.5 Å². The summed E-state index contributed by atoms with van der Waals surface area (Å²) in [6.07, 6.45) is 4.40. The molecule has 1 aliphatic rings. The van der Waals surface area contributed by atoms with E-state index in [1.54, 1.807) is 12.3 Å². The molecule has 1 atom stereocenters. The molecule has 1 saturated heterocycles. The van der Waals surface area contributed by atoms with Crippen LogP contribution in [0.2, 0.25) is 0 Å². The van der Waals surface area contributed by atoms with E-state index in [4.69, 9.17) is 0 Å². The summed E-state index contributed by atoms with van der Waals surface area (Å²) in [5.74, 6) is 0. The van der Waals surface area contributed by atoms with E-state index >= 15 is 0 Å². The lowest BCUT2D eigenvalue weighted by Gasteiger charge is -2.24. The minimum absolute atomic E-state index is 0.0599. The number of H-pyrrole nitrogens is 1. The zero-order chi connectivity index (χ0) is 13.9. The van der Waals surface area contributed by atoms with Gasteiger partial charge in [0.2, 0.25) is 5.56 Å². The van der Waals surface area contributed by atoms with Crippen LogP contribution >= 0.6 is 0 Å². The molecule has 1 aliphatic heterocycles. The second-order valence-electron chi connectivity index (χ2n) is 5.49. The summed E-state index contributed by atoms with van der Waals surface area (Å²) >= 11 is 0. The topological polar surface area (TPSA) is 36.1 Å². The Labute approximate surface area is 119 Å². The first kappa shape index (κ1) is 13.1. The maximum atomic E-state index is 11.1. The van der Waals surface area contributed by atoms with Gasteiger partial charge in [-0.3, -0.25) is 9.69 Å². The predicted octanol–water partition coefficient (Wildman–Crippen LogP) is 3.20. The number of rotatable bonds is 3. The van der Waals surface area contributed by atoms with Crippen LogP contribution in [0.15, 0.2) is 47.4 Å². The summed E-state index contributed by atoms with van der Waals surface area (Å²) < 4.78 is 0. The highest BCUT2D eigenvalue weighted by Gasteiger charge is 2.19. The highest BCUT2D eigenvalue weighted by Crippen LogP contribution is 2.27. The molecule has 1 aromatic heterocycles. The molecule has 1 aromatic carbocycles. The van der Waals surface area contributed by atoms with Gasteiger partial charge in [-0.2, -0.15) is 0 Å². The fourth-order valence-corrected chi connectivity index (χ4v) is 2.91. The zero-order valence-corrected chi connectivity index (χ0v) is 11.8. The molecule has 0 spiro atoms. The van der Waals surface area contributed by atoms with Gasteiger partial charge in [0.1, 0.15) is 0 Å². The summed E-state index contributed by atoms with van der Waals surface area (Å²) in [4.78, 5) is 16.4. The van der Waals surface area contributed by atoms with E-state index in [2.05, 4.69) is 41.1 Å². The molecule has 0 unspecified atom stereocenters. The molecule has 1 N–H and O–H groups in total. The van der Waals surface area contributed by atoms with Crippen LogP contribution in [0.1, 0.15) is 31.4 Å². The molecule has 20 heavy (non-hydrogen) atoms. The van der Waals surface area contributed by atoms with Crippen molar-refractivity contribution in [3.63, 3.8) is 0 Å². The van der Waals surface area contributed by atoms with Gasteiger partial charge in [-0.05, 0) is 61.7 Å². The molecule has 2 heterocycles. The third-order valence-electron chi connectivity index (χ3n) is 4.17. The van der Waals surface area contributed by atoms with Crippen molar-refractivity contribution in [3.05, 3.63) is 58.5 Å². The molecule has 3 rings (SSSR count). The normalized spacial score (nSPS) is 17.2. The number of nitrogens with one attached hydrogen (secondary N) is 1. The van der Waals surface area contributed by atoms with Crippen molar-refractivity contribution in [2.24, 2.45) is 0 Å². The molecule has 3 heteroatoms. The number of benzene rings is 1. The number of likely N-dealkylation sites (tertiary alicyclic amines) is 1. The van der Waals surface area contributed by atoms with E-state index in [0.29, 0.717) is 6.04 Å². The number of pyridine rings is 1. The second-order valence-corrected chi connectivity index (χ2v) is 5.49. The fourth-order valence-electron chi connectivity index (χ4n) is 2.91. The van der Waals surface area contributed by atoms with Crippen LogP contribution < -0.4 is 5.56 Å². The lowest BCUT2D eigenvalue weighted by Crippen LogP contribution is -2.23. The van der Waals surface area contributed by atoms with Crippen LogP contribution in [-0.2, 0) is 0 Å². The number of aromatic amines is 1. The molecule has 0 saturated carbocycles. The van der Waals surface area contributed by atoms with Crippen molar-refractivity contribution in [2.45, 2.75) is 25.8 Å². The second kappa shape index (κ2) is 5.63. The quantitative estimate of drug-likeness (QED) is 0.928. The summed E-state index contributed by atoms with van der Waals surface area (Å²) in [6, 6.07) is 12.5. The Bertz CT molecular complexity index is 621. The van der Waals surface area contributed by atoms with Gasteiger partial charge in [0.25, 0.3) is 0 Å². The van der Waals surface area contributed by atoms with Crippen molar-refractivity contribution in [3.8, 4) is 11.1 Å². The molecule has 0 bridgehead atoms. The van der Waals surface area contributed by atoms with Crippen LogP contribution in [-0.4, -0.2) is 23.0 Å². The molecule has 0 amide bonds. The number of nitrogens with zero attached hydrogens (tertiary/aromatic N) is 1. The first-order chi connectivity index (χ1) is 9.74. The predicted molar refractivity (Wildman–Crippen MR) is 81.7 cm³/mol. The highest BCUT2D eigenvalue weighted by molar-refractivity contribution is 5.63. The Morgan fingerprint density at radius 2 is 1.90 bits per heavy atom. The van der Waals surface area contributed by atoms with Gasteiger partial charge < -0.3 is 4.98 Å². The molecule has 1 fully saturated rings. The van der Waals surface area contributed by atoms with Gasteiger partial charge in [0.05, 0.1) is 0 Å². The van der Waals surface area contributed by atoms with Crippen LogP contribution in [0.5, 0.6) is 0 Å². The Morgan fingerprint density at radius 3 is 2.60 bits per heavy atom. The van der Waals surface area contributed by atoms with Gasteiger partial charge >= 0.3 is 0 Å². The third-order valence-corrected chi connectivity index (χ3v) is 4.17. The Kier molecular flexibility index (Phi) is 3.70. The maximum Gasteiger partial charge on any atom is 0.247 e. The van der Waals surface area contributed by atoms with Crippen LogP contribution in [0, 0.1) is 0 Å². The van der Waals surface area contributed by atoms with E-state index in [9.17, 15) is 4.79 Å². The lowest BCUT2D eigenvalue weighted by molar-refractivity contribution is 0.263. The van der Waals surface area contributed by atoms with Crippen molar-refractivity contribution in [2.75, 3.05) is 13.1 Å². The average Bonchev–Trinajstić information content (AvgIpc) is 3.01. The molecule has 2 aromatic rings. The van der Waals surface area contributed by atoms with E-state index in [-0.39, 0.29) is 5.56 Å². The van der Waals surface area contributed by atoms with E-state index in [0.717, 1.165) is 11.1 Å². The van der Waals surface area contributed by atoms with Gasteiger partial charge in [-0.1, -0.05) is 18.2 Å². The summed E-state index contributed by atoms with van der Waals surface area (Å²) in [6.45, 7) is 4.67. The highest BCUT2D eigenvalue weighted by atomic mass is 16.1. The molecule has 3 nitrogen and oxygen atoms in total. The lowest BCUT2D eigenvalue weighted by atomic mass is 10.0. The van der Waals surface area contributed by atoms with Gasteiger partial charge in [0, 0.05) is 18.3 Å². The molecule has 0 radical (unpaired) electrons. The minimum atomic E-state index is -0.0599. The monoisotopic (exact) mass is 268 g/mol. The summed E-state index contributed by atoms with van der Waals surface area (Å²) in [5.41, 5.74) is 3.50.